The molecule has 0 radical (unpaired) electrons. The molecule has 0 fully saturated rings. The third kappa shape index (κ3) is 5.41. The monoisotopic (exact) mass is 356 g/mol. The van der Waals surface area contributed by atoms with Gasteiger partial charge in [-0.05, 0) is 29.7 Å². The molecule has 0 aliphatic heterocycles. The van der Waals surface area contributed by atoms with Crippen LogP contribution in [0.25, 0.3) is 0 Å². The van der Waals surface area contributed by atoms with Gasteiger partial charge in [-0.3, -0.25) is 9.59 Å². The number of carbonyl (C=O) groups excluding carboxylic acids is 2. The van der Waals surface area contributed by atoms with Crippen molar-refractivity contribution in [3.8, 4) is 0 Å². The molecule has 2 rings (SSSR count). The summed E-state index contributed by atoms with van der Waals surface area (Å²) in [6, 6.07) is 14.1. The summed E-state index contributed by atoms with van der Waals surface area (Å²) in [7, 11) is 0. The second-order valence-electron chi connectivity index (χ2n) is 6.54. The molecule has 0 aliphatic carbocycles. The number of amides is 2. The van der Waals surface area contributed by atoms with E-state index in [0.29, 0.717) is 11.5 Å². The second-order valence-corrected chi connectivity index (χ2v) is 6.54. The highest BCUT2D eigenvalue weighted by molar-refractivity contribution is 5.92. The van der Waals surface area contributed by atoms with Crippen molar-refractivity contribution in [1.29, 1.82) is 0 Å². The van der Waals surface area contributed by atoms with Crippen molar-refractivity contribution in [1.82, 2.24) is 5.32 Å². The fourth-order valence-electron chi connectivity index (χ4n) is 2.64. The minimum absolute atomic E-state index is 0.121. The topological polar surface area (TPSA) is 49.4 Å². The molecule has 5 heteroatoms. The average molecular weight is 356 g/mol. The van der Waals surface area contributed by atoms with Crippen molar-refractivity contribution in [2.45, 2.75) is 39.7 Å². The maximum atomic E-state index is 13.6. The Morgan fingerprint density at radius 1 is 1.08 bits per heavy atom. The number of anilines is 1. The van der Waals surface area contributed by atoms with Crippen LogP contribution in [0.5, 0.6) is 0 Å². The molecule has 0 unspecified atom stereocenters. The SMILES string of the molecule is CC(=O)N(CCC(=O)NCc1ccccc1F)c1ccc(C(C)C)cc1. The van der Waals surface area contributed by atoms with Gasteiger partial charge in [0.05, 0.1) is 0 Å². The van der Waals surface area contributed by atoms with Gasteiger partial charge in [-0.15, -0.1) is 0 Å². The van der Waals surface area contributed by atoms with Crippen LogP contribution in [0.3, 0.4) is 0 Å². The van der Waals surface area contributed by atoms with Crippen molar-refractivity contribution in [2.24, 2.45) is 0 Å². The van der Waals surface area contributed by atoms with Gasteiger partial charge in [-0.2, -0.15) is 0 Å². The Hall–Kier alpha value is -2.69. The third-order valence-corrected chi connectivity index (χ3v) is 4.25. The first-order chi connectivity index (χ1) is 12.4. The van der Waals surface area contributed by atoms with Crippen LogP contribution in [0.4, 0.5) is 10.1 Å². The predicted molar refractivity (Wildman–Crippen MR) is 101 cm³/mol. The minimum atomic E-state index is -0.344. The van der Waals surface area contributed by atoms with E-state index in [2.05, 4.69) is 19.2 Å². The smallest absolute Gasteiger partial charge is 0.223 e. The Balaban J connectivity index is 1.92. The molecule has 0 aromatic heterocycles. The summed E-state index contributed by atoms with van der Waals surface area (Å²) in [4.78, 5) is 25.6. The Kier molecular flexibility index (Phi) is 6.89. The molecular formula is C21H25FN2O2. The molecule has 138 valence electrons. The van der Waals surface area contributed by atoms with Crippen LogP contribution in [0, 0.1) is 5.82 Å². The van der Waals surface area contributed by atoms with E-state index in [1.165, 1.54) is 18.6 Å². The Morgan fingerprint density at radius 3 is 2.31 bits per heavy atom. The lowest BCUT2D eigenvalue weighted by Gasteiger charge is -2.21. The van der Waals surface area contributed by atoms with Crippen LogP contribution in [0.1, 0.15) is 44.2 Å². The first-order valence-electron chi connectivity index (χ1n) is 8.76. The van der Waals surface area contributed by atoms with E-state index in [-0.39, 0.29) is 37.1 Å². The van der Waals surface area contributed by atoms with Crippen LogP contribution in [0.15, 0.2) is 48.5 Å². The van der Waals surface area contributed by atoms with E-state index in [1.807, 2.05) is 24.3 Å². The van der Waals surface area contributed by atoms with Gasteiger partial charge >= 0.3 is 0 Å². The lowest BCUT2D eigenvalue weighted by Crippen LogP contribution is -2.33. The molecule has 26 heavy (non-hydrogen) atoms. The summed E-state index contributed by atoms with van der Waals surface area (Å²) in [5.74, 6) is -0.273. The highest BCUT2D eigenvalue weighted by Crippen LogP contribution is 2.20. The molecule has 0 heterocycles. The first-order valence-corrected chi connectivity index (χ1v) is 8.76. The van der Waals surface area contributed by atoms with Crippen molar-refractivity contribution in [2.75, 3.05) is 11.4 Å². The summed E-state index contributed by atoms with van der Waals surface area (Å²) in [5.41, 5.74) is 2.40. The number of nitrogens with zero attached hydrogens (tertiary/aromatic N) is 1. The number of nitrogens with one attached hydrogen (secondary N) is 1. The number of hydrogen-bond donors (Lipinski definition) is 1. The Labute approximate surface area is 154 Å². The molecule has 0 saturated heterocycles. The first kappa shape index (κ1) is 19.6. The summed E-state index contributed by atoms with van der Waals surface area (Å²) in [6.07, 6.45) is 0.153. The molecule has 0 spiro atoms. The summed E-state index contributed by atoms with van der Waals surface area (Å²) in [6.45, 7) is 6.11. The molecule has 2 aromatic carbocycles. The minimum Gasteiger partial charge on any atom is -0.352 e. The van der Waals surface area contributed by atoms with Gasteiger partial charge in [-0.25, -0.2) is 4.39 Å². The normalized spacial score (nSPS) is 10.7. The fourth-order valence-corrected chi connectivity index (χ4v) is 2.64. The van der Waals surface area contributed by atoms with Crippen LogP contribution in [-0.2, 0) is 16.1 Å². The van der Waals surface area contributed by atoms with E-state index in [1.54, 1.807) is 23.1 Å². The Morgan fingerprint density at radius 2 is 1.73 bits per heavy atom. The third-order valence-electron chi connectivity index (χ3n) is 4.25. The maximum absolute atomic E-state index is 13.6. The molecule has 1 N–H and O–H groups in total. The van der Waals surface area contributed by atoms with Gasteiger partial charge in [0.1, 0.15) is 5.82 Å². The van der Waals surface area contributed by atoms with E-state index in [9.17, 15) is 14.0 Å². The van der Waals surface area contributed by atoms with E-state index >= 15 is 0 Å². The molecule has 2 amide bonds. The van der Waals surface area contributed by atoms with Gasteiger partial charge in [-0.1, -0.05) is 44.2 Å². The van der Waals surface area contributed by atoms with Crippen molar-refractivity contribution in [3.63, 3.8) is 0 Å². The van der Waals surface area contributed by atoms with E-state index in [4.69, 9.17) is 0 Å². The van der Waals surface area contributed by atoms with Crippen molar-refractivity contribution in [3.05, 3.63) is 65.5 Å². The van der Waals surface area contributed by atoms with Crippen LogP contribution in [0.2, 0.25) is 0 Å². The van der Waals surface area contributed by atoms with E-state index < -0.39 is 0 Å². The molecule has 2 aromatic rings. The van der Waals surface area contributed by atoms with Crippen molar-refractivity contribution >= 4 is 17.5 Å². The molecular weight excluding hydrogens is 331 g/mol. The highest BCUT2D eigenvalue weighted by atomic mass is 19.1. The van der Waals surface area contributed by atoms with E-state index in [0.717, 1.165) is 5.69 Å². The number of halogens is 1. The van der Waals surface area contributed by atoms with Crippen LogP contribution < -0.4 is 10.2 Å². The molecule has 0 atom stereocenters. The fraction of sp³-hybridized carbons (Fsp3) is 0.333. The van der Waals surface area contributed by atoms with Crippen LogP contribution in [-0.4, -0.2) is 18.4 Å². The zero-order valence-electron chi connectivity index (χ0n) is 15.5. The molecule has 0 saturated carbocycles. The van der Waals surface area contributed by atoms with Gasteiger partial charge in [0, 0.05) is 37.7 Å². The van der Waals surface area contributed by atoms with Crippen LogP contribution >= 0.6 is 0 Å². The number of benzene rings is 2. The average Bonchev–Trinajstić information content (AvgIpc) is 2.61. The number of hydrogen-bond acceptors (Lipinski definition) is 2. The zero-order chi connectivity index (χ0) is 19.1. The summed E-state index contributed by atoms with van der Waals surface area (Å²) < 4.78 is 13.6. The zero-order valence-corrected chi connectivity index (χ0v) is 15.5. The van der Waals surface area contributed by atoms with Gasteiger partial charge in [0.2, 0.25) is 11.8 Å². The maximum Gasteiger partial charge on any atom is 0.223 e. The lowest BCUT2D eigenvalue weighted by molar-refractivity contribution is -0.121. The largest absolute Gasteiger partial charge is 0.352 e. The van der Waals surface area contributed by atoms with Gasteiger partial charge in [0.25, 0.3) is 0 Å². The lowest BCUT2D eigenvalue weighted by atomic mass is 10.0. The predicted octanol–water partition coefficient (Wildman–Crippen LogP) is 4.01. The highest BCUT2D eigenvalue weighted by Gasteiger charge is 2.14. The second kappa shape index (κ2) is 9.13. The summed E-state index contributed by atoms with van der Waals surface area (Å²) >= 11 is 0. The number of rotatable bonds is 7. The Bertz CT molecular complexity index is 757. The van der Waals surface area contributed by atoms with Crippen molar-refractivity contribution < 1.29 is 14.0 Å². The molecule has 0 aliphatic rings. The van der Waals surface area contributed by atoms with Gasteiger partial charge < -0.3 is 10.2 Å². The quantitative estimate of drug-likeness (QED) is 0.815. The standard InChI is InChI=1S/C21H25FN2O2/c1-15(2)17-8-10-19(11-9-17)24(16(3)25)13-12-21(26)23-14-18-6-4-5-7-20(18)22/h4-11,15H,12-14H2,1-3H3,(H,23,26). The molecule has 0 bridgehead atoms. The van der Waals surface area contributed by atoms with Gasteiger partial charge in [0.15, 0.2) is 0 Å². The summed E-state index contributed by atoms with van der Waals surface area (Å²) in [5, 5.41) is 2.69. The number of carbonyl (C=O) groups is 2. The molecule has 4 nitrogen and oxygen atoms in total.